The molecule has 140 valence electrons. The molecule has 1 aromatic carbocycles. The number of unbranched alkanes of at least 4 members (excludes halogenated alkanes) is 1. The van der Waals surface area contributed by atoms with Crippen molar-refractivity contribution in [1.82, 2.24) is 4.90 Å². The van der Waals surface area contributed by atoms with Gasteiger partial charge in [-0.15, -0.1) is 0 Å². The van der Waals surface area contributed by atoms with Gasteiger partial charge in [-0.1, -0.05) is 31.9 Å². The summed E-state index contributed by atoms with van der Waals surface area (Å²) in [4.78, 5) is 14.6. The number of rotatable bonds is 8. The summed E-state index contributed by atoms with van der Waals surface area (Å²) < 4.78 is 11.5. The van der Waals surface area contributed by atoms with Crippen LogP contribution in [0.5, 0.6) is 5.75 Å². The maximum atomic E-state index is 12.4. The van der Waals surface area contributed by atoms with Crippen molar-refractivity contribution >= 4 is 11.8 Å². The molecule has 2 atom stereocenters. The van der Waals surface area contributed by atoms with Crippen LogP contribution >= 0.6 is 0 Å². The summed E-state index contributed by atoms with van der Waals surface area (Å²) in [6, 6.07) is 7.52. The van der Waals surface area contributed by atoms with Crippen LogP contribution in [0.3, 0.4) is 0 Å². The topological polar surface area (TPSA) is 50.8 Å². The fraction of sp³-hybridized carbons (Fsp3) is 0.650. The first kappa shape index (κ1) is 19.6. The van der Waals surface area contributed by atoms with Gasteiger partial charge in [0.15, 0.2) is 0 Å². The molecule has 2 rings (SSSR count). The summed E-state index contributed by atoms with van der Waals surface area (Å²) in [6.07, 6.45) is 6.08. The number of anilines is 1. The van der Waals surface area contributed by atoms with E-state index in [0.717, 1.165) is 38.6 Å². The highest BCUT2D eigenvalue weighted by Gasteiger charge is 2.28. The van der Waals surface area contributed by atoms with Crippen molar-refractivity contribution < 1.29 is 14.3 Å². The smallest absolute Gasteiger partial charge is 0.412 e. The molecule has 25 heavy (non-hydrogen) atoms. The molecule has 0 aromatic heterocycles. The number of benzene rings is 1. The third-order valence-corrected chi connectivity index (χ3v) is 4.58. The average Bonchev–Trinajstić information content (AvgIpc) is 2.58. The number of nitrogens with one attached hydrogen (secondary N) is 1. The summed E-state index contributed by atoms with van der Waals surface area (Å²) in [6.45, 7) is 3.73. The fourth-order valence-corrected chi connectivity index (χ4v) is 3.31. The molecule has 1 unspecified atom stereocenters. The van der Waals surface area contributed by atoms with Crippen molar-refractivity contribution in [2.24, 2.45) is 5.92 Å². The summed E-state index contributed by atoms with van der Waals surface area (Å²) in [5, 5.41) is 2.86. The molecular weight excluding hydrogens is 316 g/mol. The second-order valence-corrected chi connectivity index (χ2v) is 7.07. The van der Waals surface area contributed by atoms with Crippen LogP contribution in [0.25, 0.3) is 0 Å². The van der Waals surface area contributed by atoms with E-state index < -0.39 is 0 Å². The average molecular weight is 348 g/mol. The normalized spacial score (nSPS) is 20.3. The third-order valence-electron chi connectivity index (χ3n) is 4.58. The third kappa shape index (κ3) is 6.58. The number of ether oxygens (including phenoxy) is 2. The molecule has 1 fully saturated rings. The first-order valence-corrected chi connectivity index (χ1v) is 9.44. The number of amides is 1. The molecule has 5 heteroatoms. The molecule has 0 heterocycles. The Kier molecular flexibility index (Phi) is 8.06. The van der Waals surface area contributed by atoms with E-state index in [0.29, 0.717) is 24.0 Å². The van der Waals surface area contributed by atoms with Crippen LogP contribution in [0, 0.1) is 5.92 Å². The van der Waals surface area contributed by atoms with Gasteiger partial charge in [0.1, 0.15) is 11.9 Å². The second-order valence-electron chi connectivity index (χ2n) is 7.07. The lowest BCUT2D eigenvalue weighted by molar-refractivity contribution is 0.0357. The molecule has 1 aliphatic rings. The van der Waals surface area contributed by atoms with E-state index in [4.69, 9.17) is 9.47 Å². The van der Waals surface area contributed by atoms with Gasteiger partial charge in [-0.05, 0) is 51.9 Å². The molecule has 0 spiro atoms. The number of hydrogen-bond donors (Lipinski definition) is 1. The molecule has 1 aromatic rings. The lowest BCUT2D eigenvalue weighted by Crippen LogP contribution is -2.37. The van der Waals surface area contributed by atoms with Gasteiger partial charge in [-0.25, -0.2) is 4.79 Å². The van der Waals surface area contributed by atoms with Gasteiger partial charge in [-0.2, -0.15) is 0 Å². The summed E-state index contributed by atoms with van der Waals surface area (Å²) in [5.41, 5.74) is 0.670. The highest BCUT2D eigenvalue weighted by molar-refractivity contribution is 5.86. The number of nitrogens with zero attached hydrogens (tertiary/aromatic N) is 1. The van der Waals surface area contributed by atoms with Crippen molar-refractivity contribution in [1.29, 1.82) is 0 Å². The minimum Gasteiger partial charge on any atom is -0.491 e. The van der Waals surface area contributed by atoms with Crippen molar-refractivity contribution in [3.63, 3.8) is 0 Å². The van der Waals surface area contributed by atoms with Gasteiger partial charge in [0.05, 0.1) is 12.3 Å². The Balaban J connectivity index is 1.92. The monoisotopic (exact) mass is 348 g/mol. The van der Waals surface area contributed by atoms with Crippen molar-refractivity contribution in [2.45, 2.75) is 51.6 Å². The van der Waals surface area contributed by atoms with Gasteiger partial charge in [0.25, 0.3) is 0 Å². The quantitative estimate of drug-likeness (QED) is 0.701. The van der Waals surface area contributed by atoms with Crippen LogP contribution in [0.4, 0.5) is 10.5 Å². The van der Waals surface area contributed by atoms with Gasteiger partial charge in [0.2, 0.25) is 0 Å². The Morgan fingerprint density at radius 3 is 2.76 bits per heavy atom. The van der Waals surface area contributed by atoms with E-state index in [9.17, 15) is 4.79 Å². The summed E-state index contributed by atoms with van der Waals surface area (Å²) in [7, 11) is 4.13. The molecule has 0 saturated heterocycles. The van der Waals surface area contributed by atoms with Crippen LogP contribution in [0.15, 0.2) is 24.3 Å². The highest BCUT2D eigenvalue weighted by Crippen LogP contribution is 2.29. The van der Waals surface area contributed by atoms with Crippen LogP contribution in [-0.4, -0.2) is 44.3 Å². The van der Waals surface area contributed by atoms with Gasteiger partial charge in [-0.3, -0.25) is 5.32 Å². The lowest BCUT2D eigenvalue weighted by Gasteiger charge is -2.32. The van der Waals surface area contributed by atoms with E-state index in [1.54, 1.807) is 0 Å². The molecular formula is C20H32N2O3. The maximum absolute atomic E-state index is 12.4. The van der Waals surface area contributed by atoms with E-state index >= 15 is 0 Å². The Hall–Kier alpha value is -1.75. The van der Waals surface area contributed by atoms with E-state index in [1.807, 2.05) is 24.3 Å². The number of hydrogen-bond acceptors (Lipinski definition) is 4. The number of carbonyl (C=O) groups excluding carboxylic acids is 1. The second kappa shape index (κ2) is 10.3. The summed E-state index contributed by atoms with van der Waals surface area (Å²) >= 11 is 0. The first-order valence-electron chi connectivity index (χ1n) is 9.44. The molecule has 5 nitrogen and oxygen atoms in total. The van der Waals surface area contributed by atoms with Crippen LogP contribution in [-0.2, 0) is 4.74 Å². The lowest BCUT2D eigenvalue weighted by atomic mass is 9.86. The van der Waals surface area contributed by atoms with E-state index in [-0.39, 0.29) is 12.2 Å². The molecule has 1 N–H and O–H groups in total. The Bertz CT molecular complexity index is 533. The molecule has 1 aliphatic carbocycles. The largest absolute Gasteiger partial charge is 0.491 e. The Morgan fingerprint density at radius 2 is 2.00 bits per heavy atom. The molecule has 0 bridgehead atoms. The zero-order chi connectivity index (χ0) is 18.1. The first-order chi connectivity index (χ1) is 12.1. The minimum atomic E-state index is -0.387. The number of para-hydroxylation sites is 2. The van der Waals surface area contributed by atoms with Crippen molar-refractivity contribution in [3.8, 4) is 5.75 Å². The fourth-order valence-electron chi connectivity index (χ4n) is 3.31. The molecule has 1 amide bonds. The predicted molar refractivity (Wildman–Crippen MR) is 101 cm³/mol. The minimum absolute atomic E-state index is 0.00989. The molecule has 0 radical (unpaired) electrons. The zero-order valence-electron chi connectivity index (χ0n) is 15.8. The number of carbonyl (C=O) groups is 1. The molecule has 0 aliphatic heterocycles. The van der Waals surface area contributed by atoms with E-state index in [2.05, 4.69) is 31.2 Å². The van der Waals surface area contributed by atoms with Crippen LogP contribution < -0.4 is 10.1 Å². The zero-order valence-corrected chi connectivity index (χ0v) is 15.8. The van der Waals surface area contributed by atoms with E-state index in [1.165, 1.54) is 6.42 Å². The standard InChI is InChI=1S/C20H32N2O3/c1-4-5-14-24-19-13-9-7-11-17(19)21-20(23)25-18-12-8-6-10-16(18)15-22(2)3/h7,9,11,13,16,18H,4-6,8,10,12,14-15H2,1-3H3,(H,21,23)/t16?,18-/m0/s1. The summed E-state index contributed by atoms with van der Waals surface area (Å²) in [5.74, 6) is 1.10. The highest BCUT2D eigenvalue weighted by atomic mass is 16.6. The van der Waals surface area contributed by atoms with Gasteiger partial charge < -0.3 is 14.4 Å². The van der Waals surface area contributed by atoms with Crippen LogP contribution in [0.2, 0.25) is 0 Å². The van der Waals surface area contributed by atoms with Gasteiger partial charge >= 0.3 is 6.09 Å². The Morgan fingerprint density at radius 1 is 1.24 bits per heavy atom. The van der Waals surface area contributed by atoms with Gasteiger partial charge in [0, 0.05) is 12.5 Å². The molecule has 1 saturated carbocycles. The van der Waals surface area contributed by atoms with Crippen LogP contribution in [0.1, 0.15) is 45.4 Å². The predicted octanol–water partition coefficient (Wildman–Crippen LogP) is 4.53. The van der Waals surface area contributed by atoms with Crippen molar-refractivity contribution in [2.75, 3.05) is 32.6 Å². The van der Waals surface area contributed by atoms with Crippen molar-refractivity contribution in [3.05, 3.63) is 24.3 Å². The Labute approximate surface area is 151 Å². The maximum Gasteiger partial charge on any atom is 0.412 e. The SMILES string of the molecule is CCCCOc1ccccc1NC(=O)O[C@H]1CCCCC1CN(C)C.